The molecular formula is C15H25NO. The Bertz CT molecular complexity index is 312. The number of hydrogen-bond acceptors (Lipinski definition) is 2. The molecule has 2 N–H and O–H groups in total. The Balaban J connectivity index is 1.38. The van der Waals surface area contributed by atoms with E-state index in [2.05, 4.69) is 5.32 Å². The molecule has 5 atom stereocenters. The third-order valence-corrected chi connectivity index (χ3v) is 6.46. The SMILES string of the molecule is OCC1(CNC2CC3CC2C2CCCC32)CC1. The number of aliphatic hydroxyl groups excluding tert-OH is 1. The topological polar surface area (TPSA) is 32.3 Å². The van der Waals surface area contributed by atoms with Crippen molar-refractivity contribution in [3.05, 3.63) is 0 Å². The molecule has 5 unspecified atom stereocenters. The molecule has 2 bridgehead atoms. The van der Waals surface area contributed by atoms with E-state index in [9.17, 15) is 5.11 Å². The molecule has 4 saturated carbocycles. The fourth-order valence-corrected chi connectivity index (χ4v) is 5.22. The summed E-state index contributed by atoms with van der Waals surface area (Å²) in [5.41, 5.74) is 0.289. The van der Waals surface area contributed by atoms with Crippen molar-refractivity contribution in [1.29, 1.82) is 0 Å². The Morgan fingerprint density at radius 1 is 1.06 bits per heavy atom. The minimum atomic E-state index is 0.289. The molecule has 17 heavy (non-hydrogen) atoms. The lowest BCUT2D eigenvalue weighted by Crippen LogP contribution is -2.42. The third kappa shape index (κ3) is 1.60. The highest BCUT2D eigenvalue weighted by Crippen LogP contribution is 2.58. The molecule has 4 aliphatic carbocycles. The van der Waals surface area contributed by atoms with Crippen molar-refractivity contribution in [1.82, 2.24) is 5.32 Å². The largest absolute Gasteiger partial charge is 0.396 e. The van der Waals surface area contributed by atoms with Crippen molar-refractivity contribution in [3.8, 4) is 0 Å². The van der Waals surface area contributed by atoms with Crippen molar-refractivity contribution in [2.75, 3.05) is 13.2 Å². The van der Waals surface area contributed by atoms with Crippen molar-refractivity contribution >= 4 is 0 Å². The summed E-state index contributed by atoms with van der Waals surface area (Å²) >= 11 is 0. The van der Waals surface area contributed by atoms with Crippen LogP contribution in [0.4, 0.5) is 0 Å². The van der Waals surface area contributed by atoms with Crippen LogP contribution in [0.2, 0.25) is 0 Å². The quantitative estimate of drug-likeness (QED) is 0.783. The van der Waals surface area contributed by atoms with Gasteiger partial charge in [-0.2, -0.15) is 0 Å². The molecule has 96 valence electrons. The van der Waals surface area contributed by atoms with Crippen molar-refractivity contribution in [2.24, 2.45) is 29.1 Å². The average molecular weight is 235 g/mol. The van der Waals surface area contributed by atoms with E-state index in [0.29, 0.717) is 6.61 Å². The first-order valence-corrected chi connectivity index (χ1v) is 7.66. The fourth-order valence-electron chi connectivity index (χ4n) is 5.22. The lowest BCUT2D eigenvalue weighted by Gasteiger charge is -2.33. The number of rotatable bonds is 4. The zero-order valence-electron chi connectivity index (χ0n) is 10.7. The second-order valence-electron chi connectivity index (χ2n) is 7.30. The predicted molar refractivity (Wildman–Crippen MR) is 67.6 cm³/mol. The summed E-state index contributed by atoms with van der Waals surface area (Å²) in [7, 11) is 0. The van der Waals surface area contributed by atoms with Crippen molar-refractivity contribution in [3.63, 3.8) is 0 Å². The van der Waals surface area contributed by atoms with Crippen LogP contribution in [0.25, 0.3) is 0 Å². The first-order valence-electron chi connectivity index (χ1n) is 7.66. The van der Waals surface area contributed by atoms with Gasteiger partial charge in [0, 0.05) is 24.6 Å². The van der Waals surface area contributed by atoms with E-state index in [0.717, 1.165) is 36.3 Å². The van der Waals surface area contributed by atoms with E-state index < -0.39 is 0 Å². The number of hydrogen-bond donors (Lipinski definition) is 2. The summed E-state index contributed by atoms with van der Waals surface area (Å²) in [4.78, 5) is 0. The van der Waals surface area contributed by atoms with Gasteiger partial charge in [-0.05, 0) is 62.2 Å². The molecule has 0 aliphatic heterocycles. The van der Waals surface area contributed by atoms with Gasteiger partial charge in [-0.1, -0.05) is 6.42 Å². The van der Waals surface area contributed by atoms with E-state index in [1.165, 1.54) is 44.9 Å². The van der Waals surface area contributed by atoms with Crippen LogP contribution in [0.15, 0.2) is 0 Å². The van der Waals surface area contributed by atoms with Crippen LogP contribution in [0.5, 0.6) is 0 Å². The zero-order valence-corrected chi connectivity index (χ0v) is 10.7. The molecule has 2 heteroatoms. The molecule has 0 aromatic heterocycles. The Labute approximate surface area is 104 Å². The van der Waals surface area contributed by atoms with Crippen LogP contribution >= 0.6 is 0 Å². The number of fused-ring (bicyclic) bond motifs is 5. The Morgan fingerprint density at radius 3 is 2.65 bits per heavy atom. The first-order chi connectivity index (χ1) is 8.31. The van der Waals surface area contributed by atoms with Gasteiger partial charge in [-0.15, -0.1) is 0 Å². The summed E-state index contributed by atoms with van der Waals surface area (Å²) in [6, 6.07) is 0.795. The summed E-state index contributed by atoms with van der Waals surface area (Å²) in [5, 5.41) is 13.2. The smallest absolute Gasteiger partial charge is 0.0499 e. The van der Waals surface area contributed by atoms with Crippen LogP contribution in [-0.2, 0) is 0 Å². The number of aliphatic hydroxyl groups is 1. The lowest BCUT2D eigenvalue weighted by molar-refractivity contribution is 0.174. The van der Waals surface area contributed by atoms with Crippen LogP contribution in [-0.4, -0.2) is 24.3 Å². The van der Waals surface area contributed by atoms with E-state index in [4.69, 9.17) is 0 Å². The van der Waals surface area contributed by atoms with Gasteiger partial charge in [0.15, 0.2) is 0 Å². The summed E-state index contributed by atoms with van der Waals surface area (Å²) in [6.07, 6.45) is 9.96. The normalized spacial score (nSPS) is 49.6. The minimum Gasteiger partial charge on any atom is -0.396 e. The first kappa shape index (κ1) is 10.8. The van der Waals surface area contributed by atoms with Crippen LogP contribution < -0.4 is 5.32 Å². The van der Waals surface area contributed by atoms with Gasteiger partial charge in [-0.3, -0.25) is 0 Å². The van der Waals surface area contributed by atoms with Gasteiger partial charge in [-0.25, -0.2) is 0 Å². The molecule has 4 fully saturated rings. The standard InChI is InChI=1S/C15H25NO/c17-9-15(4-5-15)8-16-14-7-10-6-13(14)12-3-1-2-11(10)12/h10-14,16-17H,1-9H2. The van der Waals surface area contributed by atoms with Gasteiger partial charge >= 0.3 is 0 Å². The van der Waals surface area contributed by atoms with Crippen LogP contribution in [0.1, 0.15) is 44.9 Å². The molecule has 4 aliphatic rings. The van der Waals surface area contributed by atoms with Crippen molar-refractivity contribution in [2.45, 2.75) is 51.0 Å². The van der Waals surface area contributed by atoms with E-state index >= 15 is 0 Å². The monoisotopic (exact) mass is 235 g/mol. The maximum Gasteiger partial charge on any atom is 0.0499 e. The Hall–Kier alpha value is -0.0800. The van der Waals surface area contributed by atoms with Gasteiger partial charge in [0.1, 0.15) is 0 Å². The van der Waals surface area contributed by atoms with Gasteiger partial charge in [0.05, 0.1) is 0 Å². The van der Waals surface area contributed by atoms with Crippen molar-refractivity contribution < 1.29 is 5.11 Å². The fraction of sp³-hybridized carbons (Fsp3) is 1.00. The molecule has 0 spiro atoms. The number of nitrogens with one attached hydrogen (secondary N) is 1. The van der Waals surface area contributed by atoms with E-state index in [-0.39, 0.29) is 5.41 Å². The minimum absolute atomic E-state index is 0.289. The molecule has 0 aromatic rings. The average Bonchev–Trinajstić information content (AvgIpc) is 2.74. The molecule has 2 nitrogen and oxygen atoms in total. The highest BCUT2D eigenvalue weighted by molar-refractivity contribution is 5.06. The maximum absolute atomic E-state index is 9.37. The predicted octanol–water partition coefficient (Wildman–Crippen LogP) is 2.17. The second kappa shape index (κ2) is 3.71. The molecule has 0 aromatic carbocycles. The lowest BCUT2D eigenvalue weighted by atomic mass is 9.79. The van der Waals surface area contributed by atoms with Crippen LogP contribution in [0.3, 0.4) is 0 Å². The van der Waals surface area contributed by atoms with E-state index in [1.54, 1.807) is 0 Å². The summed E-state index contributed by atoms with van der Waals surface area (Å²) in [5.74, 6) is 4.21. The second-order valence-corrected chi connectivity index (χ2v) is 7.30. The highest BCUT2D eigenvalue weighted by Gasteiger charge is 2.54. The Morgan fingerprint density at radius 2 is 1.88 bits per heavy atom. The highest BCUT2D eigenvalue weighted by atomic mass is 16.3. The van der Waals surface area contributed by atoms with Crippen LogP contribution in [0, 0.1) is 29.1 Å². The molecule has 0 heterocycles. The molecule has 0 saturated heterocycles. The van der Waals surface area contributed by atoms with E-state index in [1.807, 2.05) is 0 Å². The maximum atomic E-state index is 9.37. The summed E-state index contributed by atoms with van der Waals surface area (Å²) in [6.45, 7) is 1.47. The molecule has 0 amide bonds. The van der Waals surface area contributed by atoms with Gasteiger partial charge in [0.2, 0.25) is 0 Å². The summed E-state index contributed by atoms with van der Waals surface area (Å²) < 4.78 is 0. The van der Waals surface area contributed by atoms with Gasteiger partial charge < -0.3 is 10.4 Å². The zero-order chi connectivity index (χ0) is 11.5. The molecule has 0 radical (unpaired) electrons. The Kier molecular flexibility index (Phi) is 2.36. The molecule has 4 rings (SSSR count). The third-order valence-electron chi connectivity index (χ3n) is 6.46. The molecular weight excluding hydrogens is 210 g/mol. The van der Waals surface area contributed by atoms with Gasteiger partial charge in [0.25, 0.3) is 0 Å².